The van der Waals surface area contributed by atoms with E-state index in [9.17, 15) is 9.18 Å². The third-order valence-electron chi connectivity index (χ3n) is 2.71. The lowest BCUT2D eigenvalue weighted by Gasteiger charge is -2.06. The minimum atomic E-state index is -0.435. The van der Waals surface area contributed by atoms with E-state index < -0.39 is 5.82 Å². The second-order valence-corrected chi connectivity index (χ2v) is 4.17. The van der Waals surface area contributed by atoms with Gasteiger partial charge in [0.2, 0.25) is 0 Å². The summed E-state index contributed by atoms with van der Waals surface area (Å²) in [6, 6.07) is 12.8. The Labute approximate surface area is 110 Å². The van der Waals surface area contributed by atoms with Crippen LogP contribution in [0.4, 0.5) is 4.39 Å². The highest BCUT2D eigenvalue weighted by atomic mass is 19.1. The zero-order valence-corrected chi connectivity index (χ0v) is 10.3. The summed E-state index contributed by atoms with van der Waals surface area (Å²) < 4.78 is 13.0. The van der Waals surface area contributed by atoms with Crippen molar-refractivity contribution in [3.05, 3.63) is 71.0 Å². The molecule has 2 aromatic rings. The van der Waals surface area contributed by atoms with E-state index in [-0.39, 0.29) is 12.5 Å². The molecule has 0 heterocycles. The maximum Gasteiger partial charge on any atom is 0.251 e. The molecule has 1 amide bonds. The first-order valence-corrected chi connectivity index (χ1v) is 5.91. The maximum atomic E-state index is 13.0. The van der Waals surface area contributed by atoms with Crippen molar-refractivity contribution in [2.24, 2.45) is 0 Å². The van der Waals surface area contributed by atoms with E-state index in [0.29, 0.717) is 12.1 Å². The van der Waals surface area contributed by atoms with Crippen LogP contribution in [0.5, 0.6) is 0 Å². The Morgan fingerprint density at radius 3 is 2.58 bits per heavy atom. The Morgan fingerprint density at radius 1 is 1.11 bits per heavy atom. The third-order valence-corrected chi connectivity index (χ3v) is 2.71. The van der Waals surface area contributed by atoms with Crippen molar-refractivity contribution in [1.29, 1.82) is 0 Å². The lowest BCUT2D eigenvalue weighted by molar-refractivity contribution is 0.0950. The number of rotatable bonds is 4. The van der Waals surface area contributed by atoms with Gasteiger partial charge in [0.25, 0.3) is 5.91 Å². The average molecular weight is 259 g/mol. The molecule has 0 aromatic heterocycles. The fourth-order valence-electron chi connectivity index (χ4n) is 1.75. The summed E-state index contributed by atoms with van der Waals surface area (Å²) in [4.78, 5) is 11.8. The van der Waals surface area contributed by atoms with Crippen molar-refractivity contribution < 1.29 is 14.3 Å². The summed E-state index contributed by atoms with van der Waals surface area (Å²) >= 11 is 0. The van der Waals surface area contributed by atoms with Crippen molar-refractivity contribution >= 4 is 5.91 Å². The van der Waals surface area contributed by atoms with Gasteiger partial charge >= 0.3 is 0 Å². The molecule has 3 nitrogen and oxygen atoms in total. The summed E-state index contributed by atoms with van der Waals surface area (Å²) in [5, 5.41) is 11.7. The molecule has 2 aromatic carbocycles. The van der Waals surface area contributed by atoms with E-state index in [1.54, 1.807) is 12.1 Å². The van der Waals surface area contributed by atoms with Gasteiger partial charge in [0.05, 0.1) is 6.61 Å². The number of nitrogens with one attached hydrogen (secondary N) is 1. The van der Waals surface area contributed by atoms with Gasteiger partial charge in [0, 0.05) is 12.1 Å². The highest BCUT2D eigenvalue weighted by molar-refractivity contribution is 5.94. The number of hydrogen-bond acceptors (Lipinski definition) is 2. The van der Waals surface area contributed by atoms with Crippen LogP contribution in [0.3, 0.4) is 0 Å². The smallest absolute Gasteiger partial charge is 0.251 e. The standard InChI is InChI=1S/C15H14FNO2/c16-14-6-2-5-13(8-14)15(19)17-9-11-3-1-4-12(7-11)10-18/h1-8,18H,9-10H2,(H,17,19). The van der Waals surface area contributed by atoms with Crippen LogP contribution in [0.25, 0.3) is 0 Å². The van der Waals surface area contributed by atoms with Crippen molar-refractivity contribution in [1.82, 2.24) is 5.32 Å². The van der Waals surface area contributed by atoms with Crippen LogP contribution in [0, 0.1) is 5.82 Å². The van der Waals surface area contributed by atoms with Crippen LogP contribution in [-0.4, -0.2) is 11.0 Å². The van der Waals surface area contributed by atoms with Crippen molar-refractivity contribution in [2.45, 2.75) is 13.2 Å². The molecule has 0 fully saturated rings. The van der Waals surface area contributed by atoms with Crippen LogP contribution in [0.2, 0.25) is 0 Å². The van der Waals surface area contributed by atoms with E-state index in [2.05, 4.69) is 5.32 Å². The maximum absolute atomic E-state index is 13.0. The highest BCUT2D eigenvalue weighted by Gasteiger charge is 2.06. The van der Waals surface area contributed by atoms with E-state index in [4.69, 9.17) is 5.11 Å². The Kier molecular flexibility index (Phi) is 4.26. The molecule has 98 valence electrons. The molecular weight excluding hydrogens is 245 g/mol. The molecule has 0 bridgehead atoms. The summed E-state index contributed by atoms with van der Waals surface area (Å²) in [6.45, 7) is 0.300. The van der Waals surface area contributed by atoms with Gasteiger partial charge in [-0.2, -0.15) is 0 Å². The second-order valence-electron chi connectivity index (χ2n) is 4.17. The molecule has 0 atom stereocenters. The first-order chi connectivity index (χ1) is 9.19. The van der Waals surface area contributed by atoms with Gasteiger partial charge in [-0.15, -0.1) is 0 Å². The van der Waals surface area contributed by atoms with Gasteiger partial charge in [0.1, 0.15) is 5.82 Å². The third kappa shape index (κ3) is 3.63. The Morgan fingerprint density at radius 2 is 1.84 bits per heavy atom. The first-order valence-electron chi connectivity index (χ1n) is 5.91. The molecule has 0 spiro atoms. The number of amides is 1. The molecule has 2 rings (SSSR count). The van der Waals surface area contributed by atoms with Crippen LogP contribution >= 0.6 is 0 Å². The number of aliphatic hydroxyl groups is 1. The Balaban J connectivity index is 2.00. The Hall–Kier alpha value is -2.20. The molecule has 0 aliphatic rings. The predicted molar refractivity (Wildman–Crippen MR) is 69.9 cm³/mol. The van der Waals surface area contributed by atoms with Crippen LogP contribution < -0.4 is 5.32 Å². The fourth-order valence-corrected chi connectivity index (χ4v) is 1.75. The molecule has 2 N–H and O–H groups in total. The lowest BCUT2D eigenvalue weighted by Crippen LogP contribution is -2.22. The molecule has 19 heavy (non-hydrogen) atoms. The van der Waals surface area contributed by atoms with E-state index >= 15 is 0 Å². The highest BCUT2D eigenvalue weighted by Crippen LogP contribution is 2.07. The van der Waals surface area contributed by atoms with Crippen molar-refractivity contribution in [2.75, 3.05) is 0 Å². The topological polar surface area (TPSA) is 49.3 Å². The number of hydrogen-bond donors (Lipinski definition) is 2. The van der Waals surface area contributed by atoms with Crippen LogP contribution in [0.1, 0.15) is 21.5 Å². The summed E-state index contributed by atoms with van der Waals surface area (Å²) in [7, 11) is 0. The molecule has 4 heteroatoms. The summed E-state index contributed by atoms with van der Waals surface area (Å²) in [5.41, 5.74) is 1.96. The van der Waals surface area contributed by atoms with Gasteiger partial charge in [-0.3, -0.25) is 4.79 Å². The second kappa shape index (κ2) is 6.11. The summed E-state index contributed by atoms with van der Waals surface area (Å²) in [5.74, 6) is -0.760. The molecule has 0 saturated carbocycles. The van der Waals surface area contributed by atoms with Crippen LogP contribution in [-0.2, 0) is 13.2 Å². The average Bonchev–Trinajstić information content (AvgIpc) is 2.45. The number of halogens is 1. The molecular formula is C15H14FNO2. The van der Waals surface area contributed by atoms with Gasteiger partial charge in [0.15, 0.2) is 0 Å². The fraction of sp³-hybridized carbons (Fsp3) is 0.133. The minimum absolute atomic E-state index is 0.0360. The van der Waals surface area contributed by atoms with Gasteiger partial charge < -0.3 is 10.4 Å². The van der Waals surface area contributed by atoms with Crippen molar-refractivity contribution in [3.8, 4) is 0 Å². The molecule has 0 aliphatic carbocycles. The van der Waals surface area contributed by atoms with E-state index in [1.165, 1.54) is 18.2 Å². The molecule has 0 radical (unpaired) electrons. The Bertz CT molecular complexity index is 584. The monoisotopic (exact) mass is 259 g/mol. The summed E-state index contributed by atoms with van der Waals surface area (Å²) in [6.07, 6.45) is 0. The zero-order valence-electron chi connectivity index (χ0n) is 10.3. The predicted octanol–water partition coefficient (Wildman–Crippen LogP) is 2.25. The van der Waals surface area contributed by atoms with Crippen LogP contribution in [0.15, 0.2) is 48.5 Å². The lowest BCUT2D eigenvalue weighted by atomic mass is 10.1. The van der Waals surface area contributed by atoms with Gasteiger partial charge in [-0.1, -0.05) is 30.3 Å². The number of carbonyl (C=O) groups is 1. The van der Waals surface area contributed by atoms with E-state index in [0.717, 1.165) is 11.1 Å². The molecule has 0 unspecified atom stereocenters. The van der Waals surface area contributed by atoms with Gasteiger partial charge in [-0.05, 0) is 29.3 Å². The quantitative estimate of drug-likeness (QED) is 0.884. The number of carbonyl (C=O) groups excluding carboxylic acids is 1. The SMILES string of the molecule is O=C(NCc1cccc(CO)c1)c1cccc(F)c1. The minimum Gasteiger partial charge on any atom is -0.392 e. The van der Waals surface area contributed by atoms with Crippen molar-refractivity contribution in [3.63, 3.8) is 0 Å². The normalized spacial score (nSPS) is 10.2. The number of aliphatic hydroxyl groups excluding tert-OH is 1. The van der Waals surface area contributed by atoms with E-state index in [1.807, 2.05) is 18.2 Å². The largest absolute Gasteiger partial charge is 0.392 e. The van der Waals surface area contributed by atoms with Gasteiger partial charge in [-0.25, -0.2) is 4.39 Å². The zero-order chi connectivity index (χ0) is 13.7. The molecule has 0 saturated heterocycles. The first kappa shape index (κ1) is 13.2. The number of benzene rings is 2. The molecule has 0 aliphatic heterocycles.